The maximum Gasteiger partial charge on any atom is 0.259 e. The Kier molecular flexibility index (Phi) is 3.43. The Bertz CT molecular complexity index is 545. The van der Waals surface area contributed by atoms with Crippen molar-refractivity contribution in [3.8, 4) is 0 Å². The average molecular weight is 296 g/mol. The molecule has 0 aromatic carbocycles. The van der Waals surface area contributed by atoms with Crippen molar-refractivity contribution in [3.05, 3.63) is 52.6 Å². The molecule has 2 aromatic heterocycles. The lowest BCUT2D eigenvalue weighted by atomic mass is 10.2. The van der Waals surface area contributed by atoms with E-state index in [-0.39, 0.29) is 11.7 Å². The van der Waals surface area contributed by atoms with E-state index in [0.717, 1.165) is 6.20 Å². The number of aromatic nitrogens is 2. The average Bonchev–Trinajstić information content (AvgIpc) is 2.32. The molecule has 0 aliphatic carbocycles. The van der Waals surface area contributed by atoms with Gasteiger partial charge in [-0.3, -0.25) is 4.79 Å². The molecule has 2 rings (SSSR count). The van der Waals surface area contributed by atoms with Gasteiger partial charge in [0.25, 0.3) is 5.91 Å². The van der Waals surface area contributed by atoms with Crippen molar-refractivity contribution in [2.45, 2.75) is 0 Å². The van der Waals surface area contributed by atoms with E-state index in [1.807, 2.05) is 0 Å². The molecule has 1 N–H and O–H groups in total. The number of rotatable bonds is 2. The van der Waals surface area contributed by atoms with Crippen LogP contribution >= 0.6 is 15.9 Å². The number of hydrogen-bond donors (Lipinski definition) is 1. The van der Waals surface area contributed by atoms with Gasteiger partial charge < -0.3 is 5.32 Å². The summed E-state index contributed by atoms with van der Waals surface area (Å²) in [4.78, 5) is 19.5. The van der Waals surface area contributed by atoms with Gasteiger partial charge in [-0.25, -0.2) is 14.4 Å². The number of pyridine rings is 2. The highest BCUT2D eigenvalue weighted by Crippen LogP contribution is 2.14. The van der Waals surface area contributed by atoms with Crippen LogP contribution in [0, 0.1) is 5.82 Å². The third-order valence-electron chi connectivity index (χ3n) is 1.97. The molecule has 0 saturated carbocycles. The van der Waals surface area contributed by atoms with Gasteiger partial charge in [-0.15, -0.1) is 0 Å². The van der Waals surface area contributed by atoms with E-state index in [9.17, 15) is 9.18 Å². The second-order valence-electron chi connectivity index (χ2n) is 3.16. The largest absolute Gasteiger partial charge is 0.306 e. The molecule has 4 nitrogen and oxygen atoms in total. The summed E-state index contributed by atoms with van der Waals surface area (Å²) in [7, 11) is 0. The monoisotopic (exact) mass is 295 g/mol. The maximum atomic E-state index is 12.6. The van der Waals surface area contributed by atoms with Gasteiger partial charge in [-0.2, -0.15) is 0 Å². The zero-order chi connectivity index (χ0) is 12.3. The van der Waals surface area contributed by atoms with Crippen LogP contribution in [-0.4, -0.2) is 15.9 Å². The lowest BCUT2D eigenvalue weighted by Crippen LogP contribution is -2.13. The summed E-state index contributed by atoms with van der Waals surface area (Å²) in [6.07, 6.45) is 2.60. The van der Waals surface area contributed by atoms with Gasteiger partial charge in [0, 0.05) is 6.20 Å². The fourth-order valence-electron chi connectivity index (χ4n) is 1.19. The Hall–Kier alpha value is -1.82. The first kappa shape index (κ1) is 11.7. The van der Waals surface area contributed by atoms with E-state index in [2.05, 4.69) is 31.2 Å². The molecule has 0 spiro atoms. The van der Waals surface area contributed by atoms with Crippen molar-refractivity contribution in [2.24, 2.45) is 0 Å². The third kappa shape index (κ3) is 2.85. The molecular weight excluding hydrogens is 289 g/mol. The van der Waals surface area contributed by atoms with E-state index in [4.69, 9.17) is 0 Å². The number of nitrogens with one attached hydrogen (secondary N) is 1. The first-order valence-electron chi connectivity index (χ1n) is 4.70. The van der Waals surface area contributed by atoms with Crippen molar-refractivity contribution >= 4 is 27.7 Å². The van der Waals surface area contributed by atoms with Gasteiger partial charge in [-0.05, 0) is 40.2 Å². The molecule has 0 fully saturated rings. The number of hydrogen-bond acceptors (Lipinski definition) is 3. The van der Waals surface area contributed by atoms with Crippen LogP contribution in [0.4, 0.5) is 10.2 Å². The minimum absolute atomic E-state index is 0.284. The molecule has 0 atom stereocenters. The predicted octanol–water partition coefficient (Wildman–Crippen LogP) is 2.63. The maximum absolute atomic E-state index is 12.6. The van der Waals surface area contributed by atoms with Crippen molar-refractivity contribution in [2.75, 3.05) is 5.32 Å². The van der Waals surface area contributed by atoms with Crippen molar-refractivity contribution < 1.29 is 9.18 Å². The van der Waals surface area contributed by atoms with Crippen LogP contribution in [0.25, 0.3) is 0 Å². The highest BCUT2D eigenvalue weighted by molar-refractivity contribution is 9.10. The van der Waals surface area contributed by atoms with Crippen LogP contribution in [0.15, 0.2) is 41.3 Å². The van der Waals surface area contributed by atoms with Crippen LogP contribution in [0.1, 0.15) is 10.4 Å². The Morgan fingerprint density at radius 1 is 1.29 bits per heavy atom. The van der Waals surface area contributed by atoms with Gasteiger partial charge >= 0.3 is 0 Å². The zero-order valence-corrected chi connectivity index (χ0v) is 10.1. The molecule has 0 bridgehead atoms. The molecule has 2 aromatic rings. The van der Waals surface area contributed by atoms with Crippen LogP contribution in [0.5, 0.6) is 0 Å². The predicted molar refractivity (Wildman–Crippen MR) is 64.1 cm³/mol. The number of carbonyl (C=O) groups excluding carboxylic acids is 1. The molecule has 0 unspecified atom stereocenters. The van der Waals surface area contributed by atoms with E-state index in [0.29, 0.717) is 10.2 Å². The third-order valence-corrected chi connectivity index (χ3v) is 2.60. The van der Waals surface area contributed by atoms with Gasteiger partial charge in [0.05, 0.1) is 11.8 Å². The molecule has 1 amide bonds. The van der Waals surface area contributed by atoms with Gasteiger partial charge in [-0.1, -0.05) is 0 Å². The molecular formula is C11H7BrFN3O. The van der Waals surface area contributed by atoms with Gasteiger partial charge in [0.1, 0.15) is 16.2 Å². The summed E-state index contributed by atoms with van der Waals surface area (Å²) < 4.78 is 13.1. The smallest absolute Gasteiger partial charge is 0.259 e. The van der Waals surface area contributed by atoms with Crippen molar-refractivity contribution in [3.63, 3.8) is 0 Å². The number of carbonyl (C=O) groups is 1. The SMILES string of the molecule is O=C(Nc1ccc(F)cn1)c1cccnc1Br. The Morgan fingerprint density at radius 2 is 2.12 bits per heavy atom. The fourth-order valence-corrected chi connectivity index (χ4v) is 1.62. The molecule has 0 radical (unpaired) electrons. The molecule has 86 valence electrons. The lowest BCUT2D eigenvalue weighted by molar-refractivity contribution is 0.102. The van der Waals surface area contributed by atoms with E-state index in [1.165, 1.54) is 12.1 Å². The summed E-state index contributed by atoms with van der Waals surface area (Å²) in [5.74, 6) is -0.526. The normalized spacial score (nSPS) is 10.0. The summed E-state index contributed by atoms with van der Waals surface area (Å²) >= 11 is 3.17. The zero-order valence-electron chi connectivity index (χ0n) is 8.52. The quantitative estimate of drug-likeness (QED) is 0.867. The van der Waals surface area contributed by atoms with Crippen LogP contribution in [0.2, 0.25) is 0 Å². The second kappa shape index (κ2) is 5.01. The summed E-state index contributed by atoms with van der Waals surface area (Å²) in [6.45, 7) is 0. The summed E-state index contributed by atoms with van der Waals surface area (Å²) in [5.41, 5.74) is 0.388. The van der Waals surface area contributed by atoms with Gasteiger partial charge in [0.2, 0.25) is 0 Å². The standard InChI is InChI=1S/C11H7BrFN3O/c12-10-8(2-1-5-14-10)11(17)16-9-4-3-7(13)6-15-9/h1-6H,(H,15,16,17). The number of nitrogens with zero attached hydrogens (tertiary/aromatic N) is 2. The van der Waals surface area contributed by atoms with E-state index >= 15 is 0 Å². The first-order valence-corrected chi connectivity index (χ1v) is 5.49. The minimum Gasteiger partial charge on any atom is -0.306 e. The number of anilines is 1. The first-order chi connectivity index (χ1) is 8.16. The second-order valence-corrected chi connectivity index (χ2v) is 3.91. The van der Waals surface area contributed by atoms with E-state index in [1.54, 1.807) is 18.3 Å². The summed E-state index contributed by atoms with van der Waals surface area (Å²) in [5, 5.41) is 2.54. The van der Waals surface area contributed by atoms with Crippen LogP contribution < -0.4 is 5.32 Å². The molecule has 0 aliphatic rings. The topological polar surface area (TPSA) is 54.9 Å². The Morgan fingerprint density at radius 3 is 2.76 bits per heavy atom. The van der Waals surface area contributed by atoms with Crippen LogP contribution in [0.3, 0.4) is 0 Å². The highest BCUT2D eigenvalue weighted by Gasteiger charge is 2.10. The molecule has 0 aliphatic heterocycles. The molecule has 0 saturated heterocycles. The Labute approximate surface area is 105 Å². The molecule has 17 heavy (non-hydrogen) atoms. The Balaban J connectivity index is 2.17. The fraction of sp³-hybridized carbons (Fsp3) is 0. The van der Waals surface area contributed by atoms with Crippen molar-refractivity contribution in [1.29, 1.82) is 0 Å². The van der Waals surface area contributed by atoms with Crippen LogP contribution in [-0.2, 0) is 0 Å². The summed E-state index contributed by atoms with van der Waals surface area (Å²) in [6, 6.07) is 5.88. The van der Waals surface area contributed by atoms with Crippen molar-refractivity contribution in [1.82, 2.24) is 9.97 Å². The lowest BCUT2D eigenvalue weighted by Gasteiger charge is -2.04. The molecule has 6 heteroatoms. The minimum atomic E-state index is -0.453. The van der Waals surface area contributed by atoms with Gasteiger partial charge in [0.15, 0.2) is 0 Å². The van der Waals surface area contributed by atoms with E-state index < -0.39 is 5.82 Å². The highest BCUT2D eigenvalue weighted by atomic mass is 79.9. The number of halogens is 2. The molecule has 2 heterocycles. The number of amides is 1.